The predicted molar refractivity (Wildman–Crippen MR) is 84.2 cm³/mol. The van der Waals surface area contributed by atoms with Crippen molar-refractivity contribution in [2.75, 3.05) is 25.0 Å². The molecule has 122 valence electrons. The second kappa shape index (κ2) is 6.33. The van der Waals surface area contributed by atoms with Gasteiger partial charge in [0.25, 0.3) is 0 Å². The first-order valence-electron chi connectivity index (χ1n) is 7.60. The molecule has 0 saturated carbocycles. The molecule has 23 heavy (non-hydrogen) atoms. The lowest BCUT2D eigenvalue weighted by Gasteiger charge is -2.39. The zero-order valence-corrected chi connectivity index (χ0v) is 13.0. The van der Waals surface area contributed by atoms with Crippen LogP contribution in [0.1, 0.15) is 19.3 Å². The van der Waals surface area contributed by atoms with Crippen LogP contribution in [0.4, 0.5) is 5.82 Å². The monoisotopic (exact) mass is 316 g/mol. The number of nitrogens with zero attached hydrogens (tertiary/aromatic N) is 5. The Morgan fingerprint density at radius 3 is 3.00 bits per heavy atom. The molecule has 2 aromatic rings. The van der Waals surface area contributed by atoms with Gasteiger partial charge in [0, 0.05) is 32.5 Å². The number of nitrogens with one attached hydrogen (secondary N) is 1. The number of anilines is 1. The fourth-order valence-corrected chi connectivity index (χ4v) is 2.85. The van der Waals surface area contributed by atoms with Crippen molar-refractivity contribution in [1.82, 2.24) is 25.1 Å². The maximum absolute atomic E-state index is 11.6. The molecular formula is C15H20N6O2. The second-order valence-corrected chi connectivity index (χ2v) is 5.79. The standard InChI is InChI=1S/C15H20N6O2/c1-16-14(22)8-15(23)4-2-6-20(11-15)12-9-17-10-13(19-12)21-7-3-5-18-21/h3,5,7,9-10,23H,2,4,6,8,11H2,1H3,(H,16,22). The van der Waals surface area contributed by atoms with Crippen LogP contribution in [0.15, 0.2) is 30.9 Å². The smallest absolute Gasteiger partial charge is 0.222 e. The Hall–Kier alpha value is -2.48. The minimum Gasteiger partial charge on any atom is -0.388 e. The first kappa shape index (κ1) is 15.4. The molecule has 0 aliphatic carbocycles. The van der Waals surface area contributed by atoms with E-state index in [0.29, 0.717) is 24.6 Å². The topological polar surface area (TPSA) is 96.2 Å². The zero-order chi connectivity index (χ0) is 16.3. The molecule has 0 spiro atoms. The van der Waals surface area contributed by atoms with E-state index in [1.807, 2.05) is 11.0 Å². The van der Waals surface area contributed by atoms with Crippen molar-refractivity contribution in [3.05, 3.63) is 30.9 Å². The molecule has 1 unspecified atom stereocenters. The highest BCUT2D eigenvalue weighted by Gasteiger charge is 2.35. The van der Waals surface area contributed by atoms with Gasteiger partial charge in [0.05, 0.1) is 24.4 Å². The number of amides is 1. The van der Waals surface area contributed by atoms with Gasteiger partial charge in [-0.15, -0.1) is 0 Å². The van der Waals surface area contributed by atoms with Crippen LogP contribution in [0.25, 0.3) is 5.82 Å². The fourth-order valence-electron chi connectivity index (χ4n) is 2.85. The van der Waals surface area contributed by atoms with Gasteiger partial charge < -0.3 is 15.3 Å². The summed E-state index contributed by atoms with van der Waals surface area (Å²) in [6.45, 7) is 1.13. The summed E-state index contributed by atoms with van der Waals surface area (Å²) in [5.41, 5.74) is -1.04. The number of aliphatic hydroxyl groups is 1. The van der Waals surface area contributed by atoms with Crippen LogP contribution in [0.2, 0.25) is 0 Å². The van der Waals surface area contributed by atoms with Crippen molar-refractivity contribution in [3.8, 4) is 5.82 Å². The van der Waals surface area contributed by atoms with Gasteiger partial charge in [-0.1, -0.05) is 0 Å². The first-order chi connectivity index (χ1) is 11.1. The van der Waals surface area contributed by atoms with Crippen LogP contribution in [0, 0.1) is 0 Å². The first-order valence-corrected chi connectivity index (χ1v) is 7.60. The lowest BCUT2D eigenvalue weighted by atomic mass is 9.89. The Morgan fingerprint density at radius 2 is 2.26 bits per heavy atom. The molecule has 0 bridgehead atoms. The summed E-state index contributed by atoms with van der Waals surface area (Å²) in [6, 6.07) is 1.82. The minimum absolute atomic E-state index is 0.0896. The van der Waals surface area contributed by atoms with E-state index in [1.54, 1.807) is 36.5 Å². The van der Waals surface area contributed by atoms with E-state index in [2.05, 4.69) is 20.4 Å². The number of rotatable bonds is 4. The van der Waals surface area contributed by atoms with Crippen molar-refractivity contribution in [1.29, 1.82) is 0 Å². The molecule has 3 heterocycles. The molecule has 3 rings (SSSR count). The predicted octanol–water partition coefficient (Wildman–Crippen LogP) is 0.130. The summed E-state index contributed by atoms with van der Waals surface area (Å²) in [4.78, 5) is 22.3. The summed E-state index contributed by atoms with van der Waals surface area (Å²) in [5, 5.41) is 17.4. The van der Waals surface area contributed by atoms with Crippen molar-refractivity contribution in [2.45, 2.75) is 24.9 Å². The van der Waals surface area contributed by atoms with Crippen LogP contribution in [-0.4, -0.2) is 56.5 Å². The third-order valence-corrected chi connectivity index (χ3v) is 4.00. The molecule has 2 aromatic heterocycles. The zero-order valence-electron chi connectivity index (χ0n) is 13.0. The molecule has 1 saturated heterocycles. The third-order valence-electron chi connectivity index (χ3n) is 4.00. The van der Waals surface area contributed by atoms with Gasteiger partial charge in [-0.25, -0.2) is 9.67 Å². The normalized spacial score (nSPS) is 21.2. The molecule has 8 heteroatoms. The van der Waals surface area contributed by atoms with Crippen molar-refractivity contribution >= 4 is 11.7 Å². The van der Waals surface area contributed by atoms with Gasteiger partial charge in [-0.05, 0) is 18.9 Å². The molecular weight excluding hydrogens is 296 g/mol. The van der Waals surface area contributed by atoms with Crippen LogP contribution < -0.4 is 10.2 Å². The van der Waals surface area contributed by atoms with Gasteiger partial charge in [-0.2, -0.15) is 5.10 Å². The second-order valence-electron chi connectivity index (χ2n) is 5.79. The summed E-state index contributed by atoms with van der Waals surface area (Å²) in [7, 11) is 1.57. The van der Waals surface area contributed by atoms with Gasteiger partial charge in [0.2, 0.25) is 5.91 Å². The Labute approximate surface area is 134 Å². The highest BCUT2D eigenvalue weighted by molar-refractivity contribution is 5.76. The van der Waals surface area contributed by atoms with E-state index in [-0.39, 0.29) is 12.3 Å². The quantitative estimate of drug-likeness (QED) is 0.832. The fraction of sp³-hybridized carbons (Fsp3) is 0.467. The highest BCUT2D eigenvalue weighted by atomic mass is 16.3. The highest BCUT2D eigenvalue weighted by Crippen LogP contribution is 2.27. The Balaban J connectivity index is 1.79. The van der Waals surface area contributed by atoms with Gasteiger partial charge >= 0.3 is 0 Å². The third kappa shape index (κ3) is 3.48. The van der Waals surface area contributed by atoms with Gasteiger partial charge in [0.15, 0.2) is 5.82 Å². The summed E-state index contributed by atoms with van der Waals surface area (Å²) >= 11 is 0. The molecule has 0 radical (unpaired) electrons. The number of carbonyl (C=O) groups is 1. The summed E-state index contributed by atoms with van der Waals surface area (Å²) in [5.74, 6) is 1.13. The molecule has 1 amide bonds. The average Bonchev–Trinajstić information content (AvgIpc) is 3.09. The average molecular weight is 316 g/mol. The number of hydrogen-bond donors (Lipinski definition) is 2. The largest absolute Gasteiger partial charge is 0.388 e. The number of piperidine rings is 1. The van der Waals surface area contributed by atoms with E-state index in [1.165, 1.54) is 0 Å². The SMILES string of the molecule is CNC(=O)CC1(O)CCCN(c2cncc(-n3cccn3)n2)C1. The van der Waals surface area contributed by atoms with E-state index in [9.17, 15) is 9.90 Å². The maximum atomic E-state index is 11.6. The minimum atomic E-state index is -1.04. The maximum Gasteiger partial charge on any atom is 0.222 e. The van der Waals surface area contributed by atoms with Crippen molar-refractivity contribution < 1.29 is 9.90 Å². The van der Waals surface area contributed by atoms with Crippen molar-refractivity contribution in [3.63, 3.8) is 0 Å². The van der Waals surface area contributed by atoms with Crippen LogP contribution in [0.3, 0.4) is 0 Å². The Morgan fingerprint density at radius 1 is 1.43 bits per heavy atom. The number of carbonyl (C=O) groups excluding carboxylic acids is 1. The van der Waals surface area contributed by atoms with Crippen LogP contribution in [0.5, 0.6) is 0 Å². The van der Waals surface area contributed by atoms with Crippen LogP contribution in [-0.2, 0) is 4.79 Å². The molecule has 1 aliphatic heterocycles. The molecule has 2 N–H and O–H groups in total. The summed E-state index contributed by atoms with van der Waals surface area (Å²) < 4.78 is 1.64. The van der Waals surface area contributed by atoms with Gasteiger partial charge in [-0.3, -0.25) is 9.78 Å². The van der Waals surface area contributed by atoms with E-state index in [0.717, 1.165) is 13.0 Å². The van der Waals surface area contributed by atoms with Crippen LogP contribution >= 0.6 is 0 Å². The molecule has 8 nitrogen and oxygen atoms in total. The number of aromatic nitrogens is 4. The lowest BCUT2D eigenvalue weighted by molar-refractivity contribution is -0.125. The van der Waals surface area contributed by atoms with E-state index >= 15 is 0 Å². The Kier molecular flexibility index (Phi) is 4.24. The number of β-amino-alcohol motifs (C(OH)–C–C–N with tert-alkyl or cyclic N) is 1. The molecule has 1 aliphatic rings. The molecule has 0 aromatic carbocycles. The number of hydrogen-bond acceptors (Lipinski definition) is 6. The summed E-state index contributed by atoms with van der Waals surface area (Å²) in [6.07, 6.45) is 8.26. The van der Waals surface area contributed by atoms with E-state index in [4.69, 9.17) is 0 Å². The Bertz CT molecular complexity index is 674. The van der Waals surface area contributed by atoms with Crippen molar-refractivity contribution in [2.24, 2.45) is 0 Å². The molecule has 1 fully saturated rings. The van der Waals surface area contributed by atoms with E-state index < -0.39 is 5.60 Å². The lowest BCUT2D eigenvalue weighted by Crippen LogP contribution is -2.50. The molecule has 1 atom stereocenters. The van der Waals surface area contributed by atoms with Gasteiger partial charge in [0.1, 0.15) is 5.82 Å².